The van der Waals surface area contributed by atoms with E-state index in [0.717, 1.165) is 55.3 Å². The van der Waals surface area contributed by atoms with Gasteiger partial charge in [0.2, 0.25) is 0 Å². The molecule has 0 fully saturated rings. The van der Waals surface area contributed by atoms with Gasteiger partial charge in [0.25, 0.3) is 0 Å². The highest BCUT2D eigenvalue weighted by molar-refractivity contribution is 7.31. The summed E-state index contributed by atoms with van der Waals surface area (Å²) in [4.78, 5) is 41.3. The van der Waals surface area contributed by atoms with Crippen LogP contribution in [0, 0.1) is 21.7 Å². The van der Waals surface area contributed by atoms with Gasteiger partial charge < -0.3 is 18.9 Å². The van der Waals surface area contributed by atoms with Crippen LogP contribution in [0.5, 0.6) is 0 Å². The zero-order valence-corrected chi connectivity index (χ0v) is 37.6. The van der Waals surface area contributed by atoms with Crippen molar-refractivity contribution in [3.63, 3.8) is 0 Å². The number of carbonyl (C=O) groups is 3. The number of allylic oxidation sites excluding steroid dienone is 2. The molecule has 306 valence electrons. The minimum Gasteiger partial charge on any atom is -0.490 e. The molecule has 2 heterocycles. The summed E-state index contributed by atoms with van der Waals surface area (Å²) in [6.07, 6.45) is 3.34. The Morgan fingerprint density at radius 1 is 0.491 bits per heavy atom. The topological polar surface area (TPSA) is 88.1 Å². The third-order valence-electron chi connectivity index (χ3n) is 10.6. The number of hydrogen-bond donors (Lipinski definition) is 0. The molecular formula is C48H60O7S2. The molecule has 2 aliphatic rings. The second kappa shape index (κ2) is 15.7. The Labute approximate surface area is 347 Å². The lowest BCUT2D eigenvalue weighted by Gasteiger charge is -2.35. The Morgan fingerprint density at radius 3 is 1.14 bits per heavy atom. The molecule has 0 amide bonds. The van der Waals surface area contributed by atoms with Crippen LogP contribution in [-0.4, -0.2) is 17.9 Å². The minimum atomic E-state index is -0.641. The Kier molecular flexibility index (Phi) is 11.7. The van der Waals surface area contributed by atoms with E-state index < -0.39 is 28.5 Å². The molecule has 0 spiro atoms. The molecule has 2 aliphatic carbocycles. The second-order valence-corrected chi connectivity index (χ2v) is 21.9. The van der Waals surface area contributed by atoms with Crippen LogP contribution < -0.4 is 0 Å². The highest BCUT2D eigenvalue weighted by Gasteiger charge is 2.38. The van der Waals surface area contributed by atoms with E-state index in [0.29, 0.717) is 19.3 Å². The molecule has 2 aromatic heterocycles. The molecule has 0 saturated heterocycles. The van der Waals surface area contributed by atoms with E-state index in [9.17, 15) is 14.4 Å². The van der Waals surface area contributed by atoms with Gasteiger partial charge in [0.15, 0.2) is 0 Å². The minimum absolute atomic E-state index is 0.144. The molecule has 0 N–H and O–H groups in total. The van der Waals surface area contributed by atoms with Crippen LogP contribution in [-0.2, 0) is 33.3 Å². The molecule has 0 aliphatic heterocycles. The van der Waals surface area contributed by atoms with E-state index in [1.807, 2.05) is 75.3 Å². The van der Waals surface area contributed by atoms with Crippen molar-refractivity contribution >= 4 is 50.0 Å². The number of thiophene rings is 2. The van der Waals surface area contributed by atoms with Gasteiger partial charge in [-0.3, -0.25) is 14.4 Å². The van der Waals surface area contributed by atoms with E-state index in [-0.39, 0.29) is 35.5 Å². The number of esters is 3. The van der Waals surface area contributed by atoms with Crippen molar-refractivity contribution in [2.24, 2.45) is 21.7 Å². The third-order valence-corrected chi connectivity index (χ3v) is 13.0. The van der Waals surface area contributed by atoms with Gasteiger partial charge in [-0.1, -0.05) is 45.0 Å². The van der Waals surface area contributed by atoms with E-state index in [1.165, 1.54) is 9.40 Å². The average molecular weight is 813 g/mol. The van der Waals surface area contributed by atoms with Crippen molar-refractivity contribution in [3.05, 3.63) is 82.6 Å². The van der Waals surface area contributed by atoms with Crippen LogP contribution in [0.2, 0.25) is 0 Å². The molecule has 7 nitrogen and oxygen atoms in total. The van der Waals surface area contributed by atoms with E-state index >= 15 is 0 Å². The van der Waals surface area contributed by atoms with Gasteiger partial charge in [-0.25, -0.2) is 0 Å². The summed E-state index contributed by atoms with van der Waals surface area (Å²) in [6.45, 7) is 25.3. The van der Waals surface area contributed by atoms with Gasteiger partial charge in [0.05, 0.1) is 22.0 Å². The fourth-order valence-corrected chi connectivity index (χ4v) is 9.58. The van der Waals surface area contributed by atoms with E-state index in [2.05, 4.69) is 69.3 Å². The fraction of sp³-hybridized carbons (Fsp3) is 0.521. The lowest BCUT2D eigenvalue weighted by atomic mass is 9.85. The van der Waals surface area contributed by atoms with Crippen molar-refractivity contribution in [2.75, 3.05) is 0 Å². The molecule has 4 unspecified atom stereocenters. The Morgan fingerprint density at radius 2 is 0.825 bits per heavy atom. The van der Waals surface area contributed by atoms with Crippen LogP contribution in [0.1, 0.15) is 162 Å². The maximum atomic E-state index is 13.1. The quantitative estimate of drug-likeness (QED) is 0.104. The highest BCUT2D eigenvalue weighted by atomic mass is 32.1. The molecule has 2 aromatic carbocycles. The maximum absolute atomic E-state index is 13.1. The first kappa shape index (κ1) is 42.7. The number of carbonyl (C=O) groups excluding carboxylic acids is 3. The first-order chi connectivity index (χ1) is 26.4. The second-order valence-electron chi connectivity index (χ2n) is 19.7. The molecule has 6 rings (SSSR count). The molecule has 57 heavy (non-hydrogen) atoms. The number of benzene rings is 2. The van der Waals surface area contributed by atoms with Crippen molar-refractivity contribution in [3.8, 4) is 20.9 Å². The van der Waals surface area contributed by atoms with E-state index in [1.54, 1.807) is 22.7 Å². The zero-order chi connectivity index (χ0) is 41.8. The van der Waals surface area contributed by atoms with Crippen LogP contribution in [0.3, 0.4) is 0 Å². The van der Waals surface area contributed by atoms with Crippen LogP contribution in [0.4, 0.5) is 0 Å². The normalized spacial score (nSPS) is 20.4. The Bertz CT molecular complexity index is 2160. The van der Waals surface area contributed by atoms with Crippen molar-refractivity contribution in [2.45, 2.75) is 140 Å². The lowest BCUT2D eigenvalue weighted by molar-refractivity contribution is -0.165. The van der Waals surface area contributed by atoms with Crippen LogP contribution in [0.25, 0.3) is 30.3 Å². The largest absolute Gasteiger partial charge is 0.490 e. The van der Waals surface area contributed by atoms with E-state index in [4.69, 9.17) is 18.9 Å². The maximum Gasteiger partial charge on any atom is 0.311 e. The Hall–Kier alpha value is -3.95. The smallest absolute Gasteiger partial charge is 0.311 e. The molecule has 9 heteroatoms. The van der Waals surface area contributed by atoms with Gasteiger partial charge in [-0.15, -0.1) is 22.7 Å². The summed E-state index contributed by atoms with van der Waals surface area (Å²) in [6, 6.07) is 17.2. The summed E-state index contributed by atoms with van der Waals surface area (Å²) < 4.78 is 27.4. The van der Waals surface area contributed by atoms with Crippen molar-refractivity contribution in [1.29, 1.82) is 0 Å². The number of fused-ring (bicyclic) bond motifs is 3. The third kappa shape index (κ3) is 9.36. The lowest BCUT2D eigenvalue weighted by Crippen LogP contribution is -2.30. The summed E-state index contributed by atoms with van der Waals surface area (Å²) in [5, 5.41) is 0. The van der Waals surface area contributed by atoms with Crippen LogP contribution in [0.15, 0.2) is 60.4 Å². The van der Waals surface area contributed by atoms with Gasteiger partial charge >= 0.3 is 17.9 Å². The van der Waals surface area contributed by atoms with Gasteiger partial charge in [0, 0.05) is 24.6 Å². The van der Waals surface area contributed by atoms with Crippen molar-refractivity contribution in [1.82, 2.24) is 0 Å². The summed E-state index contributed by atoms with van der Waals surface area (Å²) in [5.41, 5.74) is 3.99. The predicted molar refractivity (Wildman–Crippen MR) is 231 cm³/mol. The zero-order valence-electron chi connectivity index (χ0n) is 36.0. The predicted octanol–water partition coefficient (Wildman–Crippen LogP) is 13.8. The standard InChI is InChI=1S/C48H60O7S2/c1-14-41(45(2,3)4)52-35-21-19-33(53-42(49)46(5,6)7)29-17-15-27(23-31(29)35)37-25-39-40(56-37)26-38(57-39)28-16-18-30-32(24-28)36(55-44(51)48(11,12)13)22-20-34(30)54-43(50)47(8,9)10/h14-18,23-26,33-36H,19-22H2,1-13H3/b41-14-. The highest BCUT2D eigenvalue weighted by Crippen LogP contribution is 2.49. The van der Waals surface area contributed by atoms with Crippen LogP contribution >= 0.6 is 22.7 Å². The number of hydrogen-bond acceptors (Lipinski definition) is 9. The molecule has 4 aromatic rings. The molecular weight excluding hydrogens is 753 g/mol. The van der Waals surface area contributed by atoms with Crippen molar-refractivity contribution < 1.29 is 33.3 Å². The Balaban J connectivity index is 1.33. The summed E-state index contributed by atoms with van der Waals surface area (Å²) in [5.74, 6) is 0.237. The first-order valence-corrected chi connectivity index (χ1v) is 21.9. The monoisotopic (exact) mass is 812 g/mol. The SMILES string of the molecule is C/C=C(\OC1CCC(OC(=O)C(C)(C)C)c2ccc(-c3cc4sc(-c5ccc6c(c5)C(OC(=O)C(C)(C)C)CCC6OC(=O)C(C)(C)C)cc4s3)cc21)C(C)(C)C. The average Bonchev–Trinajstić information content (AvgIpc) is 3.70. The summed E-state index contributed by atoms with van der Waals surface area (Å²) >= 11 is 3.48. The van der Waals surface area contributed by atoms with Gasteiger partial charge in [-0.05, 0) is 159 Å². The number of rotatable bonds is 7. The molecule has 4 atom stereocenters. The first-order valence-electron chi connectivity index (χ1n) is 20.2. The molecule has 0 saturated carbocycles. The summed E-state index contributed by atoms with van der Waals surface area (Å²) in [7, 11) is 0. The fourth-order valence-electron chi connectivity index (χ4n) is 7.19. The molecule has 0 radical (unpaired) electrons. The van der Waals surface area contributed by atoms with Gasteiger partial charge in [0.1, 0.15) is 24.4 Å². The van der Waals surface area contributed by atoms with Gasteiger partial charge in [-0.2, -0.15) is 0 Å². The number of ether oxygens (including phenoxy) is 4. The molecule has 0 bridgehead atoms.